The van der Waals surface area contributed by atoms with E-state index in [0.29, 0.717) is 5.56 Å². The van der Waals surface area contributed by atoms with Crippen LogP contribution in [0.3, 0.4) is 0 Å². The highest BCUT2D eigenvalue weighted by atomic mass is 16.4. The molecule has 1 aliphatic heterocycles. The lowest BCUT2D eigenvalue weighted by molar-refractivity contribution is 0.0694. The summed E-state index contributed by atoms with van der Waals surface area (Å²) in [5, 5.41) is 12.5. The van der Waals surface area contributed by atoms with Gasteiger partial charge in [-0.05, 0) is 24.1 Å². The van der Waals surface area contributed by atoms with E-state index in [1.165, 1.54) is 6.20 Å². The van der Waals surface area contributed by atoms with Crippen LogP contribution in [0.1, 0.15) is 48.0 Å². The number of fused-ring (bicyclic) bond motifs is 1. The largest absolute Gasteiger partial charge is 0.478 e. The van der Waals surface area contributed by atoms with E-state index in [0.717, 1.165) is 36.3 Å². The number of nitrogens with one attached hydrogen (secondary N) is 1. The van der Waals surface area contributed by atoms with E-state index >= 15 is 0 Å². The molecule has 0 saturated carbocycles. The number of hydrogen-bond donors (Lipinski definition) is 2. The Labute approximate surface area is 101 Å². The zero-order valence-corrected chi connectivity index (χ0v) is 10.5. The van der Waals surface area contributed by atoms with Gasteiger partial charge in [-0.3, -0.25) is 4.98 Å². The Bertz CT molecular complexity index is 461. The number of carboxylic acids is 1. The smallest absolute Gasteiger partial charge is 0.337 e. The maximum absolute atomic E-state index is 11.2. The van der Waals surface area contributed by atoms with E-state index in [1.54, 1.807) is 0 Å². The highest BCUT2D eigenvalue weighted by molar-refractivity contribution is 5.89. The predicted octanol–water partition coefficient (Wildman–Crippen LogP) is 1.72. The third kappa shape index (κ3) is 2.17. The van der Waals surface area contributed by atoms with Crippen LogP contribution in [0, 0.1) is 0 Å². The summed E-state index contributed by atoms with van der Waals surface area (Å²) in [6, 6.07) is 0. The summed E-state index contributed by atoms with van der Waals surface area (Å²) in [6.07, 6.45) is 2.27. The van der Waals surface area contributed by atoms with Gasteiger partial charge in [-0.25, -0.2) is 4.79 Å². The molecule has 0 spiro atoms. The van der Waals surface area contributed by atoms with Gasteiger partial charge < -0.3 is 10.4 Å². The highest BCUT2D eigenvalue weighted by Crippen LogP contribution is 2.29. The molecule has 0 unspecified atom stereocenters. The second-order valence-electron chi connectivity index (χ2n) is 5.46. The molecule has 2 rings (SSSR count). The number of rotatable bonds is 1. The quantitative estimate of drug-likeness (QED) is 0.776. The lowest BCUT2D eigenvalue weighted by Crippen LogP contribution is -2.30. The first-order valence-corrected chi connectivity index (χ1v) is 5.86. The van der Waals surface area contributed by atoms with Crippen molar-refractivity contribution in [3.8, 4) is 0 Å². The minimum atomic E-state index is -0.879. The average Bonchev–Trinajstić information content (AvgIpc) is 2.26. The van der Waals surface area contributed by atoms with Gasteiger partial charge in [-0.2, -0.15) is 0 Å². The number of carboxylic acid groups (broad SMARTS) is 1. The zero-order chi connectivity index (χ0) is 12.6. The topological polar surface area (TPSA) is 62.2 Å². The van der Waals surface area contributed by atoms with E-state index < -0.39 is 5.97 Å². The van der Waals surface area contributed by atoms with Crippen molar-refractivity contribution in [1.29, 1.82) is 0 Å². The lowest BCUT2D eigenvalue weighted by atomic mass is 9.84. The molecule has 0 fully saturated rings. The van der Waals surface area contributed by atoms with Crippen molar-refractivity contribution in [3.05, 3.63) is 28.6 Å². The number of aromatic carboxylic acids is 1. The van der Waals surface area contributed by atoms with Crippen molar-refractivity contribution in [2.75, 3.05) is 6.54 Å². The minimum absolute atomic E-state index is 0.0554. The van der Waals surface area contributed by atoms with Crippen LogP contribution < -0.4 is 5.32 Å². The van der Waals surface area contributed by atoms with Crippen LogP contribution in [0.2, 0.25) is 0 Å². The molecule has 17 heavy (non-hydrogen) atoms. The van der Waals surface area contributed by atoms with E-state index in [4.69, 9.17) is 0 Å². The van der Waals surface area contributed by atoms with Crippen LogP contribution in [-0.4, -0.2) is 22.6 Å². The number of pyridine rings is 1. The van der Waals surface area contributed by atoms with Crippen LogP contribution in [0.15, 0.2) is 6.20 Å². The standard InChI is InChI=1S/C13H18N2O2/c1-13(2,3)11-9-6-14-5-4-8(9)10(7-15-11)12(16)17/h7,14H,4-6H2,1-3H3,(H,16,17). The van der Waals surface area contributed by atoms with Crippen molar-refractivity contribution in [2.45, 2.75) is 39.2 Å². The molecule has 1 aromatic rings. The van der Waals surface area contributed by atoms with E-state index in [1.807, 2.05) is 0 Å². The Kier molecular flexibility index (Phi) is 2.91. The Hall–Kier alpha value is -1.42. The number of aromatic nitrogens is 1. The first kappa shape index (κ1) is 12.0. The summed E-state index contributed by atoms with van der Waals surface area (Å²) in [5.74, 6) is -0.879. The Morgan fingerprint density at radius 1 is 1.41 bits per heavy atom. The molecule has 4 nitrogen and oxygen atoms in total. The lowest BCUT2D eigenvalue weighted by Gasteiger charge is -2.27. The predicted molar refractivity (Wildman–Crippen MR) is 65.3 cm³/mol. The Balaban J connectivity index is 2.63. The maximum atomic E-state index is 11.2. The minimum Gasteiger partial charge on any atom is -0.478 e. The number of carbonyl (C=O) groups is 1. The van der Waals surface area contributed by atoms with Gasteiger partial charge in [-0.1, -0.05) is 20.8 Å². The molecule has 1 aromatic heterocycles. The normalized spacial score (nSPS) is 15.5. The van der Waals surface area contributed by atoms with Gasteiger partial charge in [0.05, 0.1) is 11.3 Å². The fourth-order valence-electron chi connectivity index (χ4n) is 2.32. The van der Waals surface area contributed by atoms with Gasteiger partial charge in [0, 0.05) is 18.2 Å². The molecule has 0 amide bonds. The van der Waals surface area contributed by atoms with Crippen LogP contribution >= 0.6 is 0 Å². The third-order valence-corrected chi connectivity index (χ3v) is 3.09. The average molecular weight is 234 g/mol. The monoisotopic (exact) mass is 234 g/mol. The number of hydrogen-bond acceptors (Lipinski definition) is 3. The molecule has 0 bridgehead atoms. The zero-order valence-electron chi connectivity index (χ0n) is 10.5. The van der Waals surface area contributed by atoms with Gasteiger partial charge in [0.2, 0.25) is 0 Å². The molecule has 4 heteroatoms. The number of nitrogens with zero attached hydrogens (tertiary/aromatic N) is 1. The molecule has 2 heterocycles. The summed E-state index contributed by atoms with van der Waals surface area (Å²) < 4.78 is 0. The van der Waals surface area contributed by atoms with E-state index in [2.05, 4.69) is 31.1 Å². The molecular weight excluding hydrogens is 216 g/mol. The molecule has 0 saturated heterocycles. The van der Waals surface area contributed by atoms with Crippen LogP contribution in [-0.2, 0) is 18.4 Å². The van der Waals surface area contributed by atoms with Gasteiger partial charge in [-0.15, -0.1) is 0 Å². The summed E-state index contributed by atoms with van der Waals surface area (Å²) in [5.41, 5.74) is 3.33. The molecule has 0 aliphatic carbocycles. The van der Waals surface area contributed by atoms with Crippen molar-refractivity contribution >= 4 is 5.97 Å². The van der Waals surface area contributed by atoms with Crippen molar-refractivity contribution < 1.29 is 9.90 Å². The molecule has 1 aliphatic rings. The van der Waals surface area contributed by atoms with E-state index in [9.17, 15) is 9.90 Å². The van der Waals surface area contributed by atoms with E-state index in [-0.39, 0.29) is 5.41 Å². The Morgan fingerprint density at radius 3 is 2.71 bits per heavy atom. The first-order valence-electron chi connectivity index (χ1n) is 5.86. The fraction of sp³-hybridized carbons (Fsp3) is 0.538. The van der Waals surface area contributed by atoms with Crippen molar-refractivity contribution in [3.63, 3.8) is 0 Å². The van der Waals surface area contributed by atoms with Crippen molar-refractivity contribution in [2.24, 2.45) is 0 Å². The van der Waals surface area contributed by atoms with Gasteiger partial charge in [0.25, 0.3) is 0 Å². The first-order chi connectivity index (χ1) is 7.91. The van der Waals surface area contributed by atoms with Gasteiger partial charge >= 0.3 is 5.97 Å². The second-order valence-corrected chi connectivity index (χ2v) is 5.46. The van der Waals surface area contributed by atoms with Crippen LogP contribution in [0.4, 0.5) is 0 Å². The van der Waals surface area contributed by atoms with Gasteiger partial charge in [0.1, 0.15) is 0 Å². The van der Waals surface area contributed by atoms with Gasteiger partial charge in [0.15, 0.2) is 0 Å². The SMILES string of the molecule is CC(C)(C)c1ncc(C(=O)O)c2c1CNCC2. The highest BCUT2D eigenvalue weighted by Gasteiger charge is 2.26. The third-order valence-electron chi connectivity index (χ3n) is 3.09. The second kappa shape index (κ2) is 4.11. The molecule has 0 radical (unpaired) electrons. The molecule has 0 aromatic carbocycles. The van der Waals surface area contributed by atoms with Crippen LogP contribution in [0.25, 0.3) is 0 Å². The fourth-order valence-corrected chi connectivity index (χ4v) is 2.32. The summed E-state index contributed by atoms with van der Waals surface area (Å²) in [4.78, 5) is 15.5. The Morgan fingerprint density at radius 2 is 2.12 bits per heavy atom. The maximum Gasteiger partial charge on any atom is 0.337 e. The summed E-state index contributed by atoms with van der Waals surface area (Å²) in [6.45, 7) is 7.86. The summed E-state index contributed by atoms with van der Waals surface area (Å²) in [7, 11) is 0. The van der Waals surface area contributed by atoms with Crippen molar-refractivity contribution in [1.82, 2.24) is 10.3 Å². The van der Waals surface area contributed by atoms with Crippen LogP contribution in [0.5, 0.6) is 0 Å². The molecule has 2 N–H and O–H groups in total. The molecule has 0 atom stereocenters. The molecular formula is C13H18N2O2. The molecule has 92 valence electrons. The summed E-state index contributed by atoms with van der Waals surface area (Å²) >= 11 is 0.